The summed E-state index contributed by atoms with van der Waals surface area (Å²) in [5.41, 5.74) is 4.65. The number of benzene rings is 1. The molecule has 36 heavy (non-hydrogen) atoms. The van der Waals surface area contributed by atoms with Crippen LogP contribution in [-0.4, -0.2) is 44.3 Å². The van der Waals surface area contributed by atoms with Crippen LogP contribution in [0.3, 0.4) is 0 Å². The van der Waals surface area contributed by atoms with Crippen LogP contribution in [-0.2, 0) is 38.0 Å². The number of nitrogens with one attached hydrogen (secondary N) is 1. The Morgan fingerprint density at radius 2 is 1.72 bits per heavy atom. The molecule has 0 aliphatic carbocycles. The summed E-state index contributed by atoms with van der Waals surface area (Å²) < 4.78 is 15.6. The number of ether oxygens (including phenoxy) is 2. The van der Waals surface area contributed by atoms with Crippen LogP contribution in [0, 0.1) is 6.92 Å². The van der Waals surface area contributed by atoms with E-state index in [1.54, 1.807) is 59.7 Å². The summed E-state index contributed by atoms with van der Waals surface area (Å²) in [6.45, 7) is 3.39. The van der Waals surface area contributed by atoms with Crippen LogP contribution in [0.5, 0.6) is 5.88 Å². The molecule has 0 saturated heterocycles. The number of aryl methyl sites for hydroxylation is 1. The molecule has 10 nitrogen and oxygen atoms in total. The molecule has 4 rings (SSSR count). The second-order valence-corrected chi connectivity index (χ2v) is 8.49. The van der Waals surface area contributed by atoms with Gasteiger partial charge in [-0.05, 0) is 24.1 Å². The molecule has 0 saturated carbocycles. The van der Waals surface area contributed by atoms with Crippen molar-refractivity contribution in [2.24, 2.45) is 7.05 Å². The van der Waals surface area contributed by atoms with Gasteiger partial charge in [0.25, 0.3) is 11.5 Å². The molecule has 3 heterocycles. The van der Waals surface area contributed by atoms with Crippen molar-refractivity contribution in [3.63, 3.8) is 0 Å². The van der Waals surface area contributed by atoms with Crippen molar-refractivity contribution >= 4 is 5.91 Å². The predicted octanol–water partition coefficient (Wildman–Crippen LogP) is 2.27. The third kappa shape index (κ3) is 5.55. The van der Waals surface area contributed by atoms with Crippen molar-refractivity contribution in [1.82, 2.24) is 29.4 Å². The highest BCUT2D eigenvalue weighted by molar-refractivity contribution is 5.95. The van der Waals surface area contributed by atoms with Crippen molar-refractivity contribution in [3.05, 3.63) is 98.9 Å². The average molecular weight is 491 g/mol. The number of carbonyl (C=O) groups excluding carboxylic acids is 1. The number of pyridine rings is 1. The Morgan fingerprint density at radius 3 is 2.36 bits per heavy atom. The lowest BCUT2D eigenvalue weighted by molar-refractivity contribution is 0.0945. The Morgan fingerprint density at radius 1 is 1.00 bits per heavy atom. The van der Waals surface area contributed by atoms with Crippen LogP contribution >= 0.6 is 0 Å². The Hall–Kier alpha value is -4.18. The van der Waals surface area contributed by atoms with Crippen molar-refractivity contribution in [2.75, 3.05) is 14.2 Å². The van der Waals surface area contributed by atoms with Gasteiger partial charge in [-0.2, -0.15) is 10.2 Å². The lowest BCUT2D eigenvalue weighted by Crippen LogP contribution is -2.24. The van der Waals surface area contributed by atoms with Gasteiger partial charge in [0, 0.05) is 38.2 Å². The van der Waals surface area contributed by atoms with E-state index in [1.807, 2.05) is 37.3 Å². The molecule has 1 aromatic carbocycles. The number of hydrogen-bond acceptors (Lipinski definition) is 6. The van der Waals surface area contributed by atoms with Gasteiger partial charge in [0.15, 0.2) is 0 Å². The molecule has 0 unspecified atom stereocenters. The zero-order valence-corrected chi connectivity index (χ0v) is 20.9. The molecule has 188 valence electrons. The molecular formula is C26H30N6O4. The number of carbonyl (C=O) groups is 1. The van der Waals surface area contributed by atoms with Gasteiger partial charge in [0.05, 0.1) is 44.6 Å². The van der Waals surface area contributed by atoms with Crippen LogP contribution in [0.1, 0.15) is 38.4 Å². The Labute approximate surface area is 209 Å². The van der Waals surface area contributed by atoms with Gasteiger partial charge in [-0.1, -0.05) is 30.3 Å². The fourth-order valence-electron chi connectivity index (χ4n) is 4.08. The molecule has 0 aliphatic heterocycles. The first-order valence-electron chi connectivity index (χ1n) is 11.5. The van der Waals surface area contributed by atoms with Crippen LogP contribution in [0.4, 0.5) is 0 Å². The highest BCUT2D eigenvalue weighted by atomic mass is 16.5. The molecular weight excluding hydrogens is 460 g/mol. The number of aromatic nitrogens is 5. The van der Waals surface area contributed by atoms with E-state index in [0.717, 1.165) is 22.4 Å². The maximum Gasteiger partial charge on any atom is 0.255 e. The standard InChI is InChI=1S/C26H30N6O4/c1-18-22(28-30(2)26(18)36-4)13-27-25(34)21-16-32(29-23(21)17-35-3)15-20-10-8-19(9-11-20)14-31-12-6-5-7-24(31)33/h5-12,16H,13-15,17H2,1-4H3,(H,27,34). The number of amides is 1. The molecule has 4 aromatic rings. The molecule has 0 bridgehead atoms. The smallest absolute Gasteiger partial charge is 0.255 e. The lowest BCUT2D eigenvalue weighted by atomic mass is 10.1. The zero-order chi connectivity index (χ0) is 25.7. The molecule has 0 radical (unpaired) electrons. The summed E-state index contributed by atoms with van der Waals surface area (Å²) in [7, 11) is 4.96. The maximum absolute atomic E-state index is 13.0. The van der Waals surface area contributed by atoms with E-state index in [4.69, 9.17) is 9.47 Å². The Balaban J connectivity index is 1.44. The van der Waals surface area contributed by atoms with Crippen molar-refractivity contribution in [1.29, 1.82) is 0 Å². The van der Waals surface area contributed by atoms with Crippen molar-refractivity contribution in [2.45, 2.75) is 33.2 Å². The van der Waals surface area contributed by atoms with E-state index < -0.39 is 0 Å². The maximum atomic E-state index is 13.0. The van der Waals surface area contributed by atoms with Gasteiger partial charge in [-0.3, -0.25) is 14.3 Å². The fourth-order valence-corrected chi connectivity index (χ4v) is 4.08. The van der Waals surface area contributed by atoms with Gasteiger partial charge in [0.1, 0.15) is 5.69 Å². The van der Waals surface area contributed by atoms with Gasteiger partial charge in [-0.15, -0.1) is 0 Å². The summed E-state index contributed by atoms with van der Waals surface area (Å²) in [6, 6.07) is 13.1. The summed E-state index contributed by atoms with van der Waals surface area (Å²) in [4.78, 5) is 24.9. The second-order valence-electron chi connectivity index (χ2n) is 8.49. The monoisotopic (exact) mass is 490 g/mol. The first-order valence-corrected chi connectivity index (χ1v) is 11.5. The first kappa shape index (κ1) is 24.9. The first-order chi connectivity index (χ1) is 17.4. The molecule has 10 heteroatoms. The van der Waals surface area contributed by atoms with Crippen molar-refractivity contribution in [3.8, 4) is 5.88 Å². The van der Waals surface area contributed by atoms with E-state index >= 15 is 0 Å². The van der Waals surface area contributed by atoms with Crippen LogP contribution in [0.2, 0.25) is 0 Å². The summed E-state index contributed by atoms with van der Waals surface area (Å²) in [5, 5.41) is 11.9. The van der Waals surface area contributed by atoms with Crippen molar-refractivity contribution < 1.29 is 14.3 Å². The minimum Gasteiger partial charge on any atom is -0.481 e. The van der Waals surface area contributed by atoms with Crippen LogP contribution in [0.15, 0.2) is 59.7 Å². The minimum atomic E-state index is -0.249. The van der Waals surface area contributed by atoms with E-state index in [2.05, 4.69) is 15.5 Å². The molecule has 0 fully saturated rings. The molecule has 0 spiro atoms. The third-order valence-corrected chi connectivity index (χ3v) is 5.91. The fraction of sp³-hybridized carbons (Fsp3) is 0.308. The molecule has 1 N–H and O–H groups in total. The van der Waals surface area contributed by atoms with Gasteiger partial charge in [-0.25, -0.2) is 4.68 Å². The Kier molecular flexibility index (Phi) is 7.65. The van der Waals surface area contributed by atoms with Gasteiger partial charge >= 0.3 is 0 Å². The summed E-state index contributed by atoms with van der Waals surface area (Å²) in [5.74, 6) is 0.412. The quantitative estimate of drug-likeness (QED) is 0.366. The topological polar surface area (TPSA) is 105 Å². The van der Waals surface area contributed by atoms with E-state index in [9.17, 15) is 9.59 Å². The number of methoxy groups -OCH3 is 2. The highest BCUT2D eigenvalue weighted by Gasteiger charge is 2.19. The minimum absolute atomic E-state index is 0.0352. The molecule has 0 aliphatic rings. The number of hydrogen-bond donors (Lipinski definition) is 1. The normalized spacial score (nSPS) is 11.0. The zero-order valence-electron chi connectivity index (χ0n) is 20.9. The van der Waals surface area contributed by atoms with E-state index in [-0.39, 0.29) is 24.6 Å². The van der Waals surface area contributed by atoms with Crippen LogP contribution in [0.25, 0.3) is 0 Å². The second kappa shape index (κ2) is 11.0. The average Bonchev–Trinajstić information content (AvgIpc) is 3.39. The number of nitrogens with zero attached hydrogens (tertiary/aromatic N) is 5. The van der Waals surface area contributed by atoms with E-state index in [0.29, 0.717) is 30.2 Å². The largest absolute Gasteiger partial charge is 0.481 e. The highest BCUT2D eigenvalue weighted by Crippen LogP contribution is 2.20. The molecule has 1 amide bonds. The van der Waals surface area contributed by atoms with E-state index in [1.165, 1.54) is 0 Å². The van der Waals surface area contributed by atoms with Crippen LogP contribution < -0.4 is 15.6 Å². The number of rotatable bonds is 10. The molecule has 0 atom stereocenters. The summed E-state index contributed by atoms with van der Waals surface area (Å²) in [6.07, 6.45) is 3.50. The summed E-state index contributed by atoms with van der Waals surface area (Å²) >= 11 is 0. The predicted molar refractivity (Wildman–Crippen MR) is 134 cm³/mol. The van der Waals surface area contributed by atoms with Gasteiger partial charge in [0.2, 0.25) is 5.88 Å². The lowest BCUT2D eigenvalue weighted by Gasteiger charge is -2.07. The Bertz CT molecular complexity index is 1400. The van der Waals surface area contributed by atoms with Gasteiger partial charge < -0.3 is 19.4 Å². The third-order valence-electron chi connectivity index (χ3n) is 5.91. The SMILES string of the molecule is COCc1nn(Cc2ccc(Cn3ccccc3=O)cc2)cc1C(=O)NCc1nn(C)c(OC)c1C. The molecule has 3 aromatic heterocycles.